The second-order valence-corrected chi connectivity index (χ2v) is 4.76. The van der Waals surface area contributed by atoms with Crippen LogP contribution in [0, 0.1) is 6.92 Å². The maximum Gasteiger partial charge on any atom is 0.0511 e. The van der Waals surface area contributed by atoms with Crippen LogP contribution in [0.15, 0.2) is 30.5 Å². The Labute approximate surface area is 90.7 Å². The molecular formula is C13H18N2. The van der Waals surface area contributed by atoms with Crippen molar-refractivity contribution in [2.45, 2.75) is 26.3 Å². The SMILES string of the molecule is Cc1ccc2c(ccn2C(C)(C)CN)c1. The van der Waals surface area contributed by atoms with Crippen LogP contribution < -0.4 is 5.73 Å². The topological polar surface area (TPSA) is 30.9 Å². The van der Waals surface area contributed by atoms with Crippen LogP contribution in [0.3, 0.4) is 0 Å². The van der Waals surface area contributed by atoms with Gasteiger partial charge in [0, 0.05) is 18.3 Å². The number of benzene rings is 1. The van der Waals surface area contributed by atoms with E-state index in [4.69, 9.17) is 5.73 Å². The highest BCUT2D eigenvalue weighted by molar-refractivity contribution is 5.81. The molecule has 0 aliphatic carbocycles. The Bertz CT molecular complexity index is 480. The van der Waals surface area contributed by atoms with Crippen molar-refractivity contribution in [2.24, 2.45) is 5.73 Å². The summed E-state index contributed by atoms with van der Waals surface area (Å²) in [6.07, 6.45) is 2.12. The van der Waals surface area contributed by atoms with Gasteiger partial charge < -0.3 is 10.3 Å². The van der Waals surface area contributed by atoms with E-state index in [1.807, 2.05) is 0 Å². The molecule has 1 aromatic heterocycles. The van der Waals surface area contributed by atoms with Gasteiger partial charge in [0.15, 0.2) is 0 Å². The van der Waals surface area contributed by atoms with Gasteiger partial charge in [-0.05, 0) is 44.4 Å². The second kappa shape index (κ2) is 3.38. The molecule has 0 bridgehead atoms. The summed E-state index contributed by atoms with van der Waals surface area (Å²) in [6.45, 7) is 7.08. The fraction of sp³-hybridized carbons (Fsp3) is 0.385. The fourth-order valence-corrected chi connectivity index (χ4v) is 1.89. The number of nitrogens with zero attached hydrogens (tertiary/aromatic N) is 1. The maximum atomic E-state index is 5.80. The van der Waals surface area contributed by atoms with E-state index in [-0.39, 0.29) is 5.54 Å². The second-order valence-electron chi connectivity index (χ2n) is 4.76. The van der Waals surface area contributed by atoms with Gasteiger partial charge in [0.25, 0.3) is 0 Å². The summed E-state index contributed by atoms with van der Waals surface area (Å²) in [4.78, 5) is 0. The van der Waals surface area contributed by atoms with Gasteiger partial charge in [0.2, 0.25) is 0 Å². The molecule has 0 aliphatic heterocycles. The Hall–Kier alpha value is -1.28. The molecule has 80 valence electrons. The summed E-state index contributed by atoms with van der Waals surface area (Å²) in [5.74, 6) is 0. The van der Waals surface area contributed by atoms with Crippen molar-refractivity contribution in [1.29, 1.82) is 0 Å². The Morgan fingerprint density at radius 2 is 2.00 bits per heavy atom. The third-order valence-electron chi connectivity index (χ3n) is 3.00. The van der Waals surface area contributed by atoms with Crippen LogP contribution in [0.2, 0.25) is 0 Å². The van der Waals surface area contributed by atoms with E-state index < -0.39 is 0 Å². The van der Waals surface area contributed by atoms with Gasteiger partial charge >= 0.3 is 0 Å². The monoisotopic (exact) mass is 202 g/mol. The zero-order valence-corrected chi connectivity index (χ0v) is 9.62. The van der Waals surface area contributed by atoms with E-state index in [2.05, 4.69) is 55.8 Å². The number of fused-ring (bicyclic) bond motifs is 1. The molecule has 0 saturated heterocycles. The van der Waals surface area contributed by atoms with E-state index in [1.165, 1.54) is 16.5 Å². The lowest BCUT2D eigenvalue weighted by molar-refractivity contribution is 0.379. The minimum absolute atomic E-state index is 0.0169. The lowest BCUT2D eigenvalue weighted by Crippen LogP contribution is -2.34. The van der Waals surface area contributed by atoms with Gasteiger partial charge in [-0.2, -0.15) is 0 Å². The minimum atomic E-state index is -0.0169. The average Bonchev–Trinajstić information content (AvgIpc) is 2.61. The summed E-state index contributed by atoms with van der Waals surface area (Å²) in [7, 11) is 0. The van der Waals surface area contributed by atoms with Gasteiger partial charge in [-0.3, -0.25) is 0 Å². The number of aryl methyl sites for hydroxylation is 1. The zero-order chi connectivity index (χ0) is 11.1. The summed E-state index contributed by atoms with van der Waals surface area (Å²) >= 11 is 0. The van der Waals surface area contributed by atoms with Crippen molar-refractivity contribution < 1.29 is 0 Å². The van der Waals surface area contributed by atoms with Crippen molar-refractivity contribution in [2.75, 3.05) is 6.54 Å². The Morgan fingerprint density at radius 3 is 2.67 bits per heavy atom. The lowest BCUT2D eigenvalue weighted by Gasteiger charge is -2.26. The molecule has 15 heavy (non-hydrogen) atoms. The van der Waals surface area contributed by atoms with Crippen molar-refractivity contribution in [3.8, 4) is 0 Å². The third kappa shape index (κ3) is 1.65. The summed E-state index contributed by atoms with van der Waals surface area (Å²) in [6, 6.07) is 8.67. The highest BCUT2D eigenvalue weighted by Crippen LogP contribution is 2.24. The Kier molecular flexibility index (Phi) is 2.31. The smallest absolute Gasteiger partial charge is 0.0511 e. The van der Waals surface area contributed by atoms with Gasteiger partial charge in [-0.1, -0.05) is 11.6 Å². The molecule has 0 fully saturated rings. The molecule has 0 spiro atoms. The van der Waals surface area contributed by atoms with Gasteiger partial charge in [0.1, 0.15) is 0 Å². The first-order chi connectivity index (χ1) is 7.04. The first-order valence-electron chi connectivity index (χ1n) is 5.33. The number of rotatable bonds is 2. The van der Waals surface area contributed by atoms with Crippen LogP contribution >= 0.6 is 0 Å². The lowest BCUT2D eigenvalue weighted by atomic mass is 10.1. The zero-order valence-electron chi connectivity index (χ0n) is 9.62. The number of nitrogens with two attached hydrogens (primary N) is 1. The van der Waals surface area contributed by atoms with Crippen molar-refractivity contribution >= 4 is 10.9 Å². The van der Waals surface area contributed by atoms with E-state index in [1.54, 1.807) is 0 Å². The van der Waals surface area contributed by atoms with Crippen LogP contribution in [0.5, 0.6) is 0 Å². The van der Waals surface area contributed by atoms with E-state index in [0.29, 0.717) is 6.54 Å². The van der Waals surface area contributed by atoms with Crippen molar-refractivity contribution in [1.82, 2.24) is 4.57 Å². The van der Waals surface area contributed by atoms with Crippen molar-refractivity contribution in [3.05, 3.63) is 36.0 Å². The van der Waals surface area contributed by atoms with E-state index in [9.17, 15) is 0 Å². The predicted octanol–water partition coefficient (Wildman–Crippen LogP) is 2.64. The molecule has 2 rings (SSSR count). The summed E-state index contributed by atoms with van der Waals surface area (Å²) in [5, 5.41) is 1.29. The van der Waals surface area contributed by atoms with Crippen molar-refractivity contribution in [3.63, 3.8) is 0 Å². The fourth-order valence-electron chi connectivity index (χ4n) is 1.89. The highest BCUT2D eigenvalue weighted by Gasteiger charge is 2.18. The van der Waals surface area contributed by atoms with Crippen LogP contribution in [-0.2, 0) is 5.54 Å². The average molecular weight is 202 g/mol. The molecule has 2 heteroatoms. The van der Waals surface area contributed by atoms with Crippen LogP contribution in [0.4, 0.5) is 0 Å². The minimum Gasteiger partial charge on any atom is -0.341 e. The molecule has 2 aromatic rings. The molecule has 2 nitrogen and oxygen atoms in total. The third-order valence-corrected chi connectivity index (χ3v) is 3.00. The molecular weight excluding hydrogens is 184 g/mol. The van der Waals surface area contributed by atoms with Crippen LogP contribution in [-0.4, -0.2) is 11.1 Å². The quantitative estimate of drug-likeness (QED) is 0.797. The van der Waals surface area contributed by atoms with Crippen LogP contribution in [0.25, 0.3) is 10.9 Å². The summed E-state index contributed by atoms with van der Waals surface area (Å²) < 4.78 is 2.25. The Balaban J connectivity index is 2.64. The van der Waals surface area contributed by atoms with E-state index in [0.717, 1.165) is 0 Å². The molecule has 0 unspecified atom stereocenters. The highest BCUT2D eigenvalue weighted by atomic mass is 15.1. The van der Waals surface area contributed by atoms with Gasteiger partial charge in [0.05, 0.1) is 5.54 Å². The number of hydrogen-bond donors (Lipinski definition) is 1. The van der Waals surface area contributed by atoms with E-state index >= 15 is 0 Å². The molecule has 0 radical (unpaired) electrons. The largest absolute Gasteiger partial charge is 0.341 e. The standard InChI is InChI=1S/C13H18N2/c1-10-4-5-12-11(8-10)6-7-15(12)13(2,3)9-14/h4-8H,9,14H2,1-3H3. The number of aromatic nitrogens is 1. The maximum absolute atomic E-state index is 5.80. The first-order valence-corrected chi connectivity index (χ1v) is 5.33. The molecule has 0 aliphatic rings. The van der Waals surface area contributed by atoms with Gasteiger partial charge in [-0.15, -0.1) is 0 Å². The van der Waals surface area contributed by atoms with Crippen LogP contribution in [0.1, 0.15) is 19.4 Å². The summed E-state index contributed by atoms with van der Waals surface area (Å²) in [5.41, 5.74) is 8.34. The molecule has 2 N–H and O–H groups in total. The first kappa shape index (κ1) is 10.2. The molecule has 1 heterocycles. The Morgan fingerprint density at radius 1 is 1.27 bits per heavy atom. The molecule has 0 saturated carbocycles. The predicted molar refractivity (Wildman–Crippen MR) is 65.1 cm³/mol. The van der Waals surface area contributed by atoms with Gasteiger partial charge in [-0.25, -0.2) is 0 Å². The normalized spacial score (nSPS) is 12.3. The molecule has 0 amide bonds. The molecule has 1 aromatic carbocycles. The number of hydrogen-bond acceptors (Lipinski definition) is 1. The molecule has 0 atom stereocenters.